The Labute approximate surface area is 127 Å². The predicted octanol–water partition coefficient (Wildman–Crippen LogP) is 3.59. The van der Waals surface area contributed by atoms with Crippen molar-refractivity contribution in [2.24, 2.45) is 0 Å². The van der Waals surface area contributed by atoms with Gasteiger partial charge in [0.1, 0.15) is 0 Å². The lowest BCUT2D eigenvalue weighted by atomic mass is 10.1. The molecule has 22 heavy (non-hydrogen) atoms. The number of rotatable bonds is 4. The van der Waals surface area contributed by atoms with Gasteiger partial charge in [0.25, 0.3) is 0 Å². The number of hydrogen-bond donors (Lipinski definition) is 0. The molecule has 2 aromatic rings. The Hall–Kier alpha value is -2.56. The van der Waals surface area contributed by atoms with Crippen molar-refractivity contribution in [3.8, 4) is 0 Å². The molecule has 0 fully saturated rings. The van der Waals surface area contributed by atoms with Crippen LogP contribution in [0, 0.1) is 11.6 Å². The summed E-state index contributed by atoms with van der Waals surface area (Å²) in [5.74, 6) is -2.06. The van der Waals surface area contributed by atoms with E-state index in [-0.39, 0.29) is 11.9 Å². The molecule has 0 radical (unpaired) electrons. The maximum absolute atomic E-state index is 13.3. The predicted molar refractivity (Wildman–Crippen MR) is 80.8 cm³/mol. The second kappa shape index (κ2) is 6.93. The molecule has 0 saturated carbocycles. The van der Waals surface area contributed by atoms with E-state index in [1.54, 1.807) is 38.5 Å². The van der Waals surface area contributed by atoms with E-state index in [0.29, 0.717) is 5.56 Å². The van der Waals surface area contributed by atoms with Crippen molar-refractivity contribution in [3.63, 3.8) is 0 Å². The van der Waals surface area contributed by atoms with Crippen molar-refractivity contribution in [3.05, 3.63) is 71.6 Å². The number of halogens is 2. The number of benzene rings is 1. The molecule has 114 valence electrons. The third kappa shape index (κ3) is 3.75. The van der Waals surface area contributed by atoms with Gasteiger partial charge >= 0.3 is 0 Å². The fourth-order valence-electron chi connectivity index (χ4n) is 1.95. The Morgan fingerprint density at radius 1 is 1.27 bits per heavy atom. The highest BCUT2D eigenvalue weighted by Crippen LogP contribution is 2.21. The van der Waals surface area contributed by atoms with E-state index in [4.69, 9.17) is 0 Å². The Kier molecular flexibility index (Phi) is 4.99. The summed E-state index contributed by atoms with van der Waals surface area (Å²) in [6, 6.07) is 6.87. The monoisotopic (exact) mass is 302 g/mol. The zero-order valence-electron chi connectivity index (χ0n) is 12.3. The number of amides is 1. The van der Waals surface area contributed by atoms with Crippen LogP contribution in [0.15, 0.2) is 48.8 Å². The Morgan fingerprint density at radius 3 is 2.68 bits per heavy atom. The first-order chi connectivity index (χ1) is 10.5. The third-order valence-electron chi connectivity index (χ3n) is 3.46. The fourth-order valence-corrected chi connectivity index (χ4v) is 1.95. The van der Waals surface area contributed by atoms with Gasteiger partial charge in [-0.15, -0.1) is 0 Å². The summed E-state index contributed by atoms with van der Waals surface area (Å²) in [6.45, 7) is 1.75. The number of carbonyl (C=O) groups is 1. The average molecular weight is 302 g/mol. The van der Waals surface area contributed by atoms with Crippen LogP contribution in [0.2, 0.25) is 0 Å². The molecule has 3 nitrogen and oxygen atoms in total. The van der Waals surface area contributed by atoms with Crippen LogP contribution in [0.5, 0.6) is 0 Å². The number of pyridine rings is 1. The number of likely N-dealkylation sites (N-methyl/N-ethyl adjacent to an activating group) is 1. The SMILES string of the molecule is CC(c1ccc(F)c(F)c1)N(C)C(=O)/C=C/c1cccnc1. The van der Waals surface area contributed by atoms with Crippen LogP contribution in [0.4, 0.5) is 8.78 Å². The van der Waals surface area contributed by atoms with Crippen molar-refractivity contribution < 1.29 is 13.6 Å². The molecule has 0 aliphatic heterocycles. The first-order valence-corrected chi connectivity index (χ1v) is 6.79. The highest BCUT2D eigenvalue weighted by Gasteiger charge is 2.16. The van der Waals surface area contributed by atoms with Gasteiger partial charge in [0.05, 0.1) is 6.04 Å². The Balaban J connectivity index is 2.09. The van der Waals surface area contributed by atoms with Crippen LogP contribution in [-0.2, 0) is 4.79 Å². The minimum atomic E-state index is -0.920. The van der Waals surface area contributed by atoms with E-state index >= 15 is 0 Å². The van der Waals surface area contributed by atoms with Gasteiger partial charge in [-0.3, -0.25) is 9.78 Å². The van der Waals surface area contributed by atoms with Gasteiger partial charge in [0.15, 0.2) is 11.6 Å². The molecule has 0 aliphatic rings. The number of aromatic nitrogens is 1. The van der Waals surface area contributed by atoms with E-state index in [2.05, 4.69) is 4.98 Å². The summed E-state index contributed by atoms with van der Waals surface area (Å²) < 4.78 is 26.2. The highest BCUT2D eigenvalue weighted by atomic mass is 19.2. The molecular formula is C17H16F2N2O. The van der Waals surface area contributed by atoms with Gasteiger partial charge in [-0.2, -0.15) is 0 Å². The lowest BCUT2D eigenvalue weighted by Crippen LogP contribution is -2.28. The van der Waals surface area contributed by atoms with Crippen molar-refractivity contribution in [1.29, 1.82) is 0 Å². The molecule has 1 aromatic heterocycles. The summed E-state index contributed by atoms with van der Waals surface area (Å²) in [5, 5.41) is 0. The largest absolute Gasteiger partial charge is 0.335 e. The van der Waals surface area contributed by atoms with Crippen LogP contribution in [0.25, 0.3) is 6.08 Å². The second-order valence-corrected chi connectivity index (χ2v) is 4.92. The molecule has 0 saturated heterocycles. The quantitative estimate of drug-likeness (QED) is 0.809. The molecule has 0 bridgehead atoms. The van der Waals surface area contributed by atoms with Crippen LogP contribution >= 0.6 is 0 Å². The Bertz CT molecular complexity index is 686. The number of carbonyl (C=O) groups excluding carboxylic acids is 1. The van der Waals surface area contributed by atoms with E-state index in [9.17, 15) is 13.6 Å². The molecule has 1 amide bonds. The fraction of sp³-hybridized carbons (Fsp3) is 0.176. The first-order valence-electron chi connectivity index (χ1n) is 6.79. The molecule has 1 aromatic carbocycles. The van der Waals surface area contributed by atoms with Crippen LogP contribution in [0.1, 0.15) is 24.1 Å². The minimum Gasteiger partial charge on any atom is -0.335 e. The highest BCUT2D eigenvalue weighted by molar-refractivity contribution is 5.91. The Morgan fingerprint density at radius 2 is 2.05 bits per heavy atom. The van der Waals surface area contributed by atoms with Crippen molar-refractivity contribution in [2.75, 3.05) is 7.05 Å². The van der Waals surface area contributed by atoms with Gasteiger partial charge in [0.2, 0.25) is 5.91 Å². The van der Waals surface area contributed by atoms with E-state index in [1.807, 2.05) is 6.07 Å². The van der Waals surface area contributed by atoms with Gasteiger partial charge in [0, 0.05) is 25.5 Å². The second-order valence-electron chi connectivity index (χ2n) is 4.92. The van der Waals surface area contributed by atoms with Gasteiger partial charge in [-0.1, -0.05) is 12.1 Å². The smallest absolute Gasteiger partial charge is 0.246 e. The molecule has 0 spiro atoms. The standard InChI is InChI=1S/C17H16F2N2O/c1-12(14-6-7-15(18)16(19)10-14)21(2)17(22)8-5-13-4-3-9-20-11-13/h3-12H,1-2H3/b8-5+. The van der Waals surface area contributed by atoms with Crippen molar-refractivity contribution in [2.45, 2.75) is 13.0 Å². The van der Waals surface area contributed by atoms with Crippen LogP contribution < -0.4 is 0 Å². The maximum atomic E-state index is 13.3. The molecule has 1 atom stereocenters. The van der Waals surface area contributed by atoms with Crippen LogP contribution in [0.3, 0.4) is 0 Å². The van der Waals surface area contributed by atoms with Gasteiger partial charge in [-0.05, 0) is 42.3 Å². The summed E-state index contributed by atoms with van der Waals surface area (Å²) in [7, 11) is 1.61. The van der Waals surface area contributed by atoms with Gasteiger partial charge in [-0.25, -0.2) is 8.78 Å². The molecule has 0 N–H and O–H groups in total. The summed E-state index contributed by atoms with van der Waals surface area (Å²) >= 11 is 0. The number of nitrogens with zero attached hydrogens (tertiary/aromatic N) is 2. The molecule has 0 aliphatic carbocycles. The van der Waals surface area contributed by atoms with E-state index in [1.165, 1.54) is 17.0 Å². The summed E-state index contributed by atoms with van der Waals surface area (Å²) in [6.07, 6.45) is 6.37. The van der Waals surface area contributed by atoms with E-state index in [0.717, 1.165) is 17.7 Å². The normalized spacial score (nSPS) is 12.4. The zero-order chi connectivity index (χ0) is 16.1. The zero-order valence-corrected chi connectivity index (χ0v) is 12.3. The molecule has 1 unspecified atom stereocenters. The topological polar surface area (TPSA) is 33.2 Å². The maximum Gasteiger partial charge on any atom is 0.246 e. The molecule has 2 rings (SSSR count). The lowest BCUT2D eigenvalue weighted by Gasteiger charge is -2.24. The molecule has 1 heterocycles. The molecular weight excluding hydrogens is 286 g/mol. The summed E-state index contributed by atoms with van der Waals surface area (Å²) in [5.41, 5.74) is 1.34. The minimum absolute atomic E-state index is 0.235. The lowest BCUT2D eigenvalue weighted by molar-refractivity contribution is -0.126. The van der Waals surface area contributed by atoms with Crippen molar-refractivity contribution in [1.82, 2.24) is 9.88 Å². The third-order valence-corrected chi connectivity index (χ3v) is 3.46. The van der Waals surface area contributed by atoms with Crippen molar-refractivity contribution >= 4 is 12.0 Å². The summed E-state index contributed by atoms with van der Waals surface area (Å²) in [4.78, 5) is 17.5. The average Bonchev–Trinajstić information content (AvgIpc) is 2.54. The first kappa shape index (κ1) is 15.8. The number of hydrogen-bond acceptors (Lipinski definition) is 2. The van der Waals surface area contributed by atoms with E-state index < -0.39 is 11.6 Å². The van der Waals surface area contributed by atoms with Gasteiger partial charge < -0.3 is 4.90 Å². The van der Waals surface area contributed by atoms with Crippen LogP contribution in [-0.4, -0.2) is 22.8 Å². The molecule has 5 heteroatoms.